The lowest BCUT2D eigenvalue weighted by Crippen LogP contribution is -2.21. The minimum absolute atomic E-state index is 0.211. The van der Waals surface area contributed by atoms with Crippen LogP contribution in [0.2, 0.25) is 0 Å². The highest BCUT2D eigenvalue weighted by Crippen LogP contribution is 2.30. The van der Waals surface area contributed by atoms with Crippen LogP contribution in [0.15, 0.2) is 48.5 Å². The fourth-order valence-electron chi connectivity index (χ4n) is 2.36. The van der Waals surface area contributed by atoms with Gasteiger partial charge in [0.2, 0.25) is 0 Å². The number of para-hydroxylation sites is 1. The SMILES string of the molecule is CCC(N)Cc1cccc(Oc2ccccc2C(C)C)c1. The van der Waals surface area contributed by atoms with Crippen LogP contribution in [0.25, 0.3) is 0 Å². The first-order valence-electron chi connectivity index (χ1n) is 7.71. The summed E-state index contributed by atoms with van der Waals surface area (Å²) in [5, 5.41) is 0. The maximum atomic E-state index is 6.09. The van der Waals surface area contributed by atoms with Gasteiger partial charge >= 0.3 is 0 Å². The van der Waals surface area contributed by atoms with E-state index in [1.807, 2.05) is 24.3 Å². The normalized spacial score (nSPS) is 12.4. The zero-order valence-electron chi connectivity index (χ0n) is 13.2. The minimum Gasteiger partial charge on any atom is -0.457 e. The quantitative estimate of drug-likeness (QED) is 0.819. The minimum atomic E-state index is 0.211. The molecule has 2 heteroatoms. The van der Waals surface area contributed by atoms with Gasteiger partial charge in [-0.3, -0.25) is 0 Å². The molecule has 0 aliphatic carbocycles. The van der Waals surface area contributed by atoms with Crippen LogP contribution in [0.5, 0.6) is 11.5 Å². The maximum Gasteiger partial charge on any atom is 0.130 e. The number of benzene rings is 2. The molecule has 2 rings (SSSR count). The Bertz CT molecular complexity index is 577. The van der Waals surface area contributed by atoms with E-state index in [0.717, 1.165) is 24.3 Å². The summed E-state index contributed by atoms with van der Waals surface area (Å²) in [5.74, 6) is 2.26. The average Bonchev–Trinajstić information content (AvgIpc) is 2.48. The van der Waals surface area contributed by atoms with Crippen molar-refractivity contribution in [1.82, 2.24) is 0 Å². The molecule has 0 spiro atoms. The Morgan fingerprint density at radius 1 is 1.05 bits per heavy atom. The molecule has 0 aromatic heterocycles. The number of hydrogen-bond acceptors (Lipinski definition) is 2. The van der Waals surface area contributed by atoms with Crippen molar-refractivity contribution in [2.24, 2.45) is 5.73 Å². The summed E-state index contributed by atoms with van der Waals surface area (Å²) < 4.78 is 6.09. The summed E-state index contributed by atoms with van der Waals surface area (Å²) in [6, 6.07) is 16.7. The van der Waals surface area contributed by atoms with Crippen LogP contribution in [0.4, 0.5) is 0 Å². The molecule has 0 fully saturated rings. The van der Waals surface area contributed by atoms with Crippen LogP contribution in [0.1, 0.15) is 44.2 Å². The lowest BCUT2D eigenvalue weighted by atomic mass is 10.0. The molecular formula is C19H25NO. The predicted molar refractivity (Wildman–Crippen MR) is 89.0 cm³/mol. The fraction of sp³-hybridized carbons (Fsp3) is 0.368. The third kappa shape index (κ3) is 4.33. The molecule has 0 aliphatic heterocycles. The van der Waals surface area contributed by atoms with Crippen LogP contribution < -0.4 is 10.5 Å². The van der Waals surface area contributed by atoms with E-state index in [4.69, 9.17) is 10.5 Å². The molecular weight excluding hydrogens is 258 g/mol. The van der Waals surface area contributed by atoms with Crippen molar-refractivity contribution in [3.05, 3.63) is 59.7 Å². The van der Waals surface area contributed by atoms with Gasteiger partial charge in [0.15, 0.2) is 0 Å². The van der Waals surface area contributed by atoms with Gasteiger partial charge in [-0.05, 0) is 48.1 Å². The molecule has 0 radical (unpaired) electrons. The largest absolute Gasteiger partial charge is 0.457 e. The van der Waals surface area contributed by atoms with E-state index < -0.39 is 0 Å². The molecule has 0 saturated carbocycles. The zero-order chi connectivity index (χ0) is 15.2. The molecule has 0 heterocycles. The van der Waals surface area contributed by atoms with Crippen molar-refractivity contribution in [3.63, 3.8) is 0 Å². The molecule has 0 amide bonds. The Hall–Kier alpha value is -1.80. The van der Waals surface area contributed by atoms with Gasteiger partial charge in [-0.2, -0.15) is 0 Å². The van der Waals surface area contributed by atoms with Crippen LogP contribution in [0, 0.1) is 0 Å². The lowest BCUT2D eigenvalue weighted by molar-refractivity contribution is 0.472. The van der Waals surface area contributed by atoms with Gasteiger partial charge < -0.3 is 10.5 Å². The second kappa shape index (κ2) is 7.28. The van der Waals surface area contributed by atoms with E-state index in [1.54, 1.807) is 0 Å². The van der Waals surface area contributed by atoms with Crippen molar-refractivity contribution < 1.29 is 4.74 Å². The monoisotopic (exact) mass is 283 g/mol. The van der Waals surface area contributed by atoms with Crippen molar-refractivity contribution in [2.45, 2.75) is 45.6 Å². The van der Waals surface area contributed by atoms with Gasteiger partial charge in [-0.25, -0.2) is 0 Å². The smallest absolute Gasteiger partial charge is 0.130 e. The van der Waals surface area contributed by atoms with Crippen LogP contribution in [0.3, 0.4) is 0 Å². The van der Waals surface area contributed by atoms with E-state index in [1.165, 1.54) is 11.1 Å². The molecule has 0 aliphatic rings. The molecule has 1 unspecified atom stereocenters. The Balaban J connectivity index is 2.18. The van der Waals surface area contributed by atoms with Gasteiger partial charge in [-0.1, -0.05) is 51.1 Å². The van der Waals surface area contributed by atoms with Gasteiger partial charge in [0.05, 0.1) is 0 Å². The first-order chi connectivity index (χ1) is 10.1. The lowest BCUT2D eigenvalue weighted by Gasteiger charge is -2.15. The highest BCUT2D eigenvalue weighted by Gasteiger charge is 2.08. The summed E-state index contributed by atoms with van der Waals surface area (Å²) in [6.07, 6.45) is 1.88. The third-order valence-corrected chi connectivity index (χ3v) is 3.69. The topological polar surface area (TPSA) is 35.2 Å². The molecule has 2 aromatic carbocycles. The molecule has 0 bridgehead atoms. The van der Waals surface area contributed by atoms with Crippen LogP contribution in [-0.2, 0) is 6.42 Å². The first-order valence-corrected chi connectivity index (χ1v) is 7.71. The van der Waals surface area contributed by atoms with Gasteiger partial charge in [-0.15, -0.1) is 0 Å². The van der Waals surface area contributed by atoms with Crippen molar-refractivity contribution in [2.75, 3.05) is 0 Å². The van der Waals surface area contributed by atoms with E-state index in [-0.39, 0.29) is 6.04 Å². The summed E-state index contributed by atoms with van der Waals surface area (Å²) in [7, 11) is 0. The molecule has 0 saturated heterocycles. The van der Waals surface area contributed by atoms with Crippen molar-refractivity contribution >= 4 is 0 Å². The van der Waals surface area contributed by atoms with Gasteiger partial charge in [0.25, 0.3) is 0 Å². The summed E-state index contributed by atoms with van der Waals surface area (Å²) in [4.78, 5) is 0. The molecule has 2 aromatic rings. The van der Waals surface area contributed by atoms with Crippen molar-refractivity contribution in [1.29, 1.82) is 0 Å². The summed E-state index contributed by atoms with van der Waals surface area (Å²) >= 11 is 0. The average molecular weight is 283 g/mol. The molecule has 2 N–H and O–H groups in total. The van der Waals surface area contributed by atoms with E-state index in [0.29, 0.717) is 5.92 Å². The van der Waals surface area contributed by atoms with E-state index >= 15 is 0 Å². The first kappa shape index (κ1) is 15.6. The van der Waals surface area contributed by atoms with Crippen LogP contribution in [-0.4, -0.2) is 6.04 Å². The Kier molecular flexibility index (Phi) is 5.40. The van der Waals surface area contributed by atoms with Gasteiger partial charge in [0, 0.05) is 6.04 Å². The zero-order valence-corrected chi connectivity index (χ0v) is 13.2. The second-order valence-electron chi connectivity index (χ2n) is 5.81. The fourth-order valence-corrected chi connectivity index (χ4v) is 2.36. The standard InChI is InChI=1S/C19H25NO/c1-4-16(20)12-15-8-7-9-17(13-15)21-19-11-6-5-10-18(19)14(2)3/h5-11,13-14,16H,4,12,20H2,1-3H3. The summed E-state index contributed by atoms with van der Waals surface area (Å²) in [5.41, 5.74) is 8.49. The third-order valence-electron chi connectivity index (χ3n) is 3.69. The predicted octanol–water partition coefficient (Wildman–Crippen LogP) is 4.88. The molecule has 1 atom stereocenters. The van der Waals surface area contributed by atoms with Crippen LogP contribution >= 0.6 is 0 Å². The van der Waals surface area contributed by atoms with E-state index in [2.05, 4.69) is 45.0 Å². The molecule has 21 heavy (non-hydrogen) atoms. The Morgan fingerprint density at radius 2 is 1.81 bits per heavy atom. The second-order valence-corrected chi connectivity index (χ2v) is 5.81. The summed E-state index contributed by atoms with van der Waals surface area (Å²) in [6.45, 7) is 6.47. The number of ether oxygens (including phenoxy) is 1. The van der Waals surface area contributed by atoms with Crippen molar-refractivity contribution in [3.8, 4) is 11.5 Å². The Labute approximate surface area is 127 Å². The highest BCUT2D eigenvalue weighted by atomic mass is 16.5. The number of rotatable bonds is 6. The Morgan fingerprint density at radius 3 is 2.52 bits per heavy atom. The number of nitrogens with two attached hydrogens (primary N) is 1. The highest BCUT2D eigenvalue weighted by molar-refractivity contribution is 5.40. The molecule has 112 valence electrons. The van der Waals surface area contributed by atoms with Gasteiger partial charge in [0.1, 0.15) is 11.5 Å². The number of hydrogen-bond donors (Lipinski definition) is 1. The maximum absolute atomic E-state index is 6.09. The molecule has 2 nitrogen and oxygen atoms in total. The van der Waals surface area contributed by atoms with E-state index in [9.17, 15) is 0 Å².